The van der Waals surface area contributed by atoms with Crippen LogP contribution < -0.4 is 5.32 Å². The first kappa shape index (κ1) is 18.4. The van der Waals surface area contributed by atoms with E-state index in [1.807, 2.05) is 0 Å². The van der Waals surface area contributed by atoms with E-state index >= 15 is 0 Å². The number of nitrogens with one attached hydrogen (secondary N) is 1. The maximum atomic E-state index is 6.16. The van der Waals surface area contributed by atoms with Crippen molar-refractivity contribution in [3.63, 3.8) is 0 Å². The molecule has 4 saturated heterocycles. The summed E-state index contributed by atoms with van der Waals surface area (Å²) in [4.78, 5) is 10.3. The zero-order valence-corrected chi connectivity index (χ0v) is 17.1. The molecule has 28 heavy (non-hydrogen) atoms. The summed E-state index contributed by atoms with van der Waals surface area (Å²) in [5.74, 6) is 2.54. The quantitative estimate of drug-likeness (QED) is 0.628. The summed E-state index contributed by atoms with van der Waals surface area (Å²) >= 11 is 0. The second kappa shape index (κ2) is 8.03. The summed E-state index contributed by atoms with van der Waals surface area (Å²) in [6.07, 6.45) is 6.15. The Labute approximate surface area is 169 Å². The molecule has 5 nitrogen and oxygen atoms in total. The molecule has 4 aliphatic heterocycles. The smallest absolute Gasteiger partial charge is 0.194 e. The van der Waals surface area contributed by atoms with Crippen molar-refractivity contribution in [1.82, 2.24) is 15.1 Å². The van der Waals surface area contributed by atoms with Crippen molar-refractivity contribution in [3.05, 3.63) is 35.9 Å². The van der Waals surface area contributed by atoms with Crippen LogP contribution in [0, 0.1) is 11.8 Å². The van der Waals surface area contributed by atoms with Gasteiger partial charge in [-0.05, 0) is 51.3 Å². The highest BCUT2D eigenvalue weighted by Crippen LogP contribution is 2.47. The predicted octanol–water partition coefficient (Wildman–Crippen LogP) is 2.90. The van der Waals surface area contributed by atoms with Gasteiger partial charge in [-0.2, -0.15) is 0 Å². The molecule has 2 bridgehead atoms. The molecule has 1 N–H and O–H groups in total. The summed E-state index contributed by atoms with van der Waals surface area (Å²) in [5, 5.41) is 3.58. The third kappa shape index (κ3) is 3.43. The third-order valence-corrected chi connectivity index (χ3v) is 7.27. The van der Waals surface area contributed by atoms with E-state index in [4.69, 9.17) is 9.73 Å². The maximum Gasteiger partial charge on any atom is 0.194 e. The molecule has 4 heterocycles. The number of hydrogen-bond acceptors (Lipinski definition) is 3. The fourth-order valence-electron chi connectivity index (χ4n) is 5.89. The van der Waals surface area contributed by atoms with Crippen LogP contribution in [-0.2, 0) is 4.74 Å². The van der Waals surface area contributed by atoms with Gasteiger partial charge in [0.2, 0.25) is 0 Å². The molecule has 5 heteroatoms. The van der Waals surface area contributed by atoms with Gasteiger partial charge in [-0.15, -0.1) is 0 Å². The standard InChI is InChI=1S/C23H34N4O/c1-2-24-23(27-15-18-19(16-27)22-11-10-21(18)28-22)25-14-20(26-12-6-7-13-26)17-8-4-3-5-9-17/h3-5,8-9,18-22H,2,6-7,10-16H2,1H3,(H,24,25). The van der Waals surface area contributed by atoms with E-state index < -0.39 is 0 Å². The third-order valence-electron chi connectivity index (χ3n) is 7.27. The van der Waals surface area contributed by atoms with E-state index in [0.29, 0.717) is 30.1 Å². The summed E-state index contributed by atoms with van der Waals surface area (Å²) in [7, 11) is 0. The van der Waals surface area contributed by atoms with E-state index in [-0.39, 0.29) is 0 Å². The second-order valence-electron chi connectivity index (χ2n) is 8.89. The van der Waals surface area contributed by atoms with Crippen molar-refractivity contribution in [3.8, 4) is 0 Å². The number of fused-ring (bicyclic) bond motifs is 5. The number of guanidine groups is 1. The Morgan fingerprint density at radius 1 is 1.11 bits per heavy atom. The number of aliphatic imine (C=N–C) groups is 1. The van der Waals surface area contributed by atoms with Crippen LogP contribution in [0.5, 0.6) is 0 Å². The topological polar surface area (TPSA) is 40.1 Å². The van der Waals surface area contributed by atoms with Gasteiger partial charge in [0.25, 0.3) is 0 Å². The Kier molecular flexibility index (Phi) is 5.29. The van der Waals surface area contributed by atoms with Crippen LogP contribution in [0.4, 0.5) is 0 Å². The summed E-state index contributed by atoms with van der Waals surface area (Å²) < 4.78 is 6.16. The van der Waals surface area contributed by atoms with Gasteiger partial charge in [0, 0.05) is 31.5 Å². The van der Waals surface area contributed by atoms with Crippen molar-refractivity contribution in [2.75, 3.05) is 39.3 Å². The van der Waals surface area contributed by atoms with Gasteiger partial charge in [-0.3, -0.25) is 9.89 Å². The predicted molar refractivity (Wildman–Crippen MR) is 112 cm³/mol. The van der Waals surface area contributed by atoms with Gasteiger partial charge in [0.05, 0.1) is 24.8 Å². The van der Waals surface area contributed by atoms with E-state index in [2.05, 4.69) is 52.4 Å². The van der Waals surface area contributed by atoms with Crippen molar-refractivity contribution in [2.24, 2.45) is 16.8 Å². The fraction of sp³-hybridized carbons (Fsp3) is 0.696. The van der Waals surface area contributed by atoms with Crippen LogP contribution >= 0.6 is 0 Å². The molecule has 1 aromatic rings. The molecule has 0 aromatic heterocycles. The lowest BCUT2D eigenvalue weighted by atomic mass is 9.82. The van der Waals surface area contributed by atoms with Crippen molar-refractivity contribution >= 4 is 5.96 Å². The fourth-order valence-corrected chi connectivity index (χ4v) is 5.89. The number of likely N-dealkylation sites (tertiary alicyclic amines) is 2. The minimum atomic E-state index is 0.388. The van der Waals surface area contributed by atoms with Crippen LogP contribution in [0.1, 0.15) is 44.2 Å². The van der Waals surface area contributed by atoms with Gasteiger partial charge in [-0.25, -0.2) is 0 Å². The summed E-state index contributed by atoms with van der Waals surface area (Å²) in [6, 6.07) is 11.3. The zero-order valence-electron chi connectivity index (χ0n) is 17.1. The van der Waals surface area contributed by atoms with Crippen LogP contribution in [0.25, 0.3) is 0 Å². The minimum Gasteiger partial charge on any atom is -0.374 e. The molecule has 4 fully saturated rings. The Hall–Kier alpha value is -1.59. The van der Waals surface area contributed by atoms with Crippen LogP contribution in [0.15, 0.2) is 35.3 Å². The molecule has 0 spiro atoms. The molecular formula is C23H34N4O. The number of hydrogen-bond donors (Lipinski definition) is 1. The van der Waals surface area contributed by atoms with E-state index in [0.717, 1.165) is 32.1 Å². The van der Waals surface area contributed by atoms with Gasteiger partial charge in [0.1, 0.15) is 0 Å². The lowest BCUT2D eigenvalue weighted by Gasteiger charge is -2.28. The van der Waals surface area contributed by atoms with Crippen LogP contribution in [0.2, 0.25) is 0 Å². The molecule has 0 saturated carbocycles. The number of benzene rings is 1. The highest BCUT2D eigenvalue weighted by molar-refractivity contribution is 5.80. The van der Waals surface area contributed by atoms with Gasteiger partial charge in [0.15, 0.2) is 5.96 Å². The molecule has 0 radical (unpaired) electrons. The molecule has 0 aliphatic carbocycles. The van der Waals surface area contributed by atoms with Crippen LogP contribution in [0.3, 0.4) is 0 Å². The molecule has 152 valence electrons. The van der Waals surface area contributed by atoms with Crippen LogP contribution in [-0.4, -0.2) is 67.2 Å². The van der Waals surface area contributed by atoms with Gasteiger partial charge < -0.3 is 15.0 Å². The molecular weight excluding hydrogens is 348 g/mol. The molecule has 4 aliphatic rings. The van der Waals surface area contributed by atoms with E-state index in [9.17, 15) is 0 Å². The van der Waals surface area contributed by atoms with Crippen molar-refractivity contribution in [2.45, 2.75) is 50.9 Å². The SMILES string of the molecule is CCNC(=NCC(c1ccccc1)N1CCCC1)N1CC2C3CCC(O3)C2C1. The zero-order chi connectivity index (χ0) is 18.9. The molecule has 5 unspecified atom stereocenters. The number of rotatable bonds is 5. The van der Waals surface area contributed by atoms with Crippen molar-refractivity contribution in [1.29, 1.82) is 0 Å². The Bertz CT molecular complexity index is 669. The second-order valence-corrected chi connectivity index (χ2v) is 8.89. The molecule has 5 rings (SSSR count). The Balaban J connectivity index is 1.32. The number of nitrogens with zero attached hydrogens (tertiary/aromatic N) is 3. The highest BCUT2D eigenvalue weighted by atomic mass is 16.5. The average molecular weight is 383 g/mol. The summed E-state index contributed by atoms with van der Waals surface area (Å²) in [6.45, 7) is 8.54. The minimum absolute atomic E-state index is 0.388. The first-order valence-electron chi connectivity index (χ1n) is 11.3. The normalized spacial score (nSPS) is 33.5. The average Bonchev–Trinajstić information content (AvgIpc) is 3.51. The lowest BCUT2D eigenvalue weighted by molar-refractivity contribution is 0.0767. The molecule has 0 amide bonds. The summed E-state index contributed by atoms with van der Waals surface area (Å²) in [5.41, 5.74) is 1.40. The lowest BCUT2D eigenvalue weighted by Crippen LogP contribution is -2.42. The van der Waals surface area contributed by atoms with E-state index in [1.165, 1.54) is 44.3 Å². The number of ether oxygens (including phenoxy) is 1. The van der Waals surface area contributed by atoms with Gasteiger partial charge >= 0.3 is 0 Å². The molecule has 1 aromatic carbocycles. The largest absolute Gasteiger partial charge is 0.374 e. The van der Waals surface area contributed by atoms with Crippen molar-refractivity contribution < 1.29 is 4.74 Å². The highest BCUT2D eigenvalue weighted by Gasteiger charge is 2.53. The maximum absolute atomic E-state index is 6.16. The Morgan fingerprint density at radius 2 is 1.79 bits per heavy atom. The Morgan fingerprint density at radius 3 is 2.43 bits per heavy atom. The molecule has 5 atom stereocenters. The first-order valence-corrected chi connectivity index (χ1v) is 11.3. The first-order chi connectivity index (χ1) is 13.8. The monoisotopic (exact) mass is 382 g/mol. The van der Waals surface area contributed by atoms with Gasteiger partial charge in [-0.1, -0.05) is 30.3 Å². The van der Waals surface area contributed by atoms with E-state index in [1.54, 1.807) is 0 Å².